The second-order valence-corrected chi connectivity index (χ2v) is 5.34. The predicted octanol–water partition coefficient (Wildman–Crippen LogP) is 1.29. The van der Waals surface area contributed by atoms with Gasteiger partial charge in [0.15, 0.2) is 0 Å². The second kappa shape index (κ2) is 6.55. The quantitative estimate of drug-likeness (QED) is 0.887. The van der Waals surface area contributed by atoms with Gasteiger partial charge in [-0.15, -0.1) is 0 Å². The molecule has 0 aromatic heterocycles. The van der Waals surface area contributed by atoms with Gasteiger partial charge in [0, 0.05) is 25.7 Å². The van der Waals surface area contributed by atoms with Gasteiger partial charge in [0.1, 0.15) is 6.07 Å². The van der Waals surface area contributed by atoms with Crippen LogP contribution in [-0.4, -0.2) is 51.2 Å². The Balaban J connectivity index is 2.16. The van der Waals surface area contributed by atoms with Gasteiger partial charge < -0.3 is 15.1 Å². The smallest absolute Gasteiger partial charge is 0.101 e. The van der Waals surface area contributed by atoms with Crippen molar-refractivity contribution in [1.82, 2.24) is 10.2 Å². The zero-order valence-corrected chi connectivity index (χ0v) is 11.8. The summed E-state index contributed by atoms with van der Waals surface area (Å²) in [5, 5.41) is 12.8. The maximum Gasteiger partial charge on any atom is 0.101 e. The molecule has 0 bridgehead atoms. The molecular formula is C15H22N4. The Kier molecular flexibility index (Phi) is 4.78. The van der Waals surface area contributed by atoms with Crippen molar-refractivity contribution in [2.75, 3.05) is 45.2 Å². The summed E-state index contributed by atoms with van der Waals surface area (Å²) in [5.74, 6) is 0. The van der Waals surface area contributed by atoms with Crippen molar-refractivity contribution >= 4 is 5.69 Å². The maximum absolute atomic E-state index is 9.23. The lowest BCUT2D eigenvalue weighted by molar-refractivity contribution is 0.346. The average molecular weight is 258 g/mol. The Morgan fingerprint density at radius 3 is 2.95 bits per heavy atom. The molecule has 4 nitrogen and oxygen atoms in total. The van der Waals surface area contributed by atoms with Crippen LogP contribution in [0.1, 0.15) is 12.0 Å². The minimum atomic E-state index is 0.448. The summed E-state index contributed by atoms with van der Waals surface area (Å²) in [6.45, 7) is 4.03. The standard InChI is InChI=1S/C15H22N4/c1-18(2)11-14-12-19(9-5-8-17-14)15-7-4-3-6-13(15)10-16/h3-4,6-7,14,17H,5,8-9,11-12H2,1-2H3. The molecular weight excluding hydrogens is 236 g/mol. The molecule has 1 aromatic carbocycles. The van der Waals surface area contributed by atoms with E-state index >= 15 is 0 Å². The van der Waals surface area contributed by atoms with Crippen LogP contribution < -0.4 is 10.2 Å². The molecule has 1 fully saturated rings. The first-order valence-corrected chi connectivity index (χ1v) is 6.83. The summed E-state index contributed by atoms with van der Waals surface area (Å²) in [5.41, 5.74) is 1.84. The molecule has 1 atom stereocenters. The van der Waals surface area contributed by atoms with E-state index < -0.39 is 0 Å². The van der Waals surface area contributed by atoms with E-state index in [1.165, 1.54) is 0 Å². The SMILES string of the molecule is CN(C)CC1CN(c2ccccc2C#N)CCCN1. The highest BCUT2D eigenvalue weighted by atomic mass is 15.2. The number of nitrogens with one attached hydrogen (secondary N) is 1. The van der Waals surface area contributed by atoms with Gasteiger partial charge in [-0.3, -0.25) is 0 Å². The average Bonchev–Trinajstić information content (AvgIpc) is 2.63. The number of rotatable bonds is 3. The number of nitriles is 1. The first-order chi connectivity index (χ1) is 9.20. The second-order valence-electron chi connectivity index (χ2n) is 5.34. The molecule has 1 saturated heterocycles. The number of anilines is 1. The van der Waals surface area contributed by atoms with Crippen LogP contribution in [0.5, 0.6) is 0 Å². The lowest BCUT2D eigenvalue weighted by atomic mass is 10.1. The minimum Gasteiger partial charge on any atom is -0.369 e. The molecule has 0 radical (unpaired) electrons. The molecule has 2 rings (SSSR count). The van der Waals surface area contributed by atoms with Gasteiger partial charge >= 0.3 is 0 Å². The van der Waals surface area contributed by atoms with Gasteiger partial charge in [0.25, 0.3) is 0 Å². The first kappa shape index (κ1) is 13.9. The van der Waals surface area contributed by atoms with Crippen LogP contribution in [0.25, 0.3) is 0 Å². The summed E-state index contributed by atoms with van der Waals surface area (Å²) in [6, 6.07) is 10.6. The highest BCUT2D eigenvalue weighted by Gasteiger charge is 2.19. The van der Waals surface area contributed by atoms with Crippen molar-refractivity contribution in [3.05, 3.63) is 29.8 Å². The van der Waals surface area contributed by atoms with Crippen LogP contribution in [0.3, 0.4) is 0 Å². The molecule has 1 aromatic rings. The summed E-state index contributed by atoms with van der Waals surface area (Å²) >= 11 is 0. The Bertz CT molecular complexity index is 450. The summed E-state index contributed by atoms with van der Waals surface area (Å²) in [7, 11) is 4.19. The largest absolute Gasteiger partial charge is 0.369 e. The Labute approximate surface area is 115 Å². The number of likely N-dealkylation sites (N-methyl/N-ethyl adjacent to an activating group) is 1. The molecule has 1 aliphatic rings. The fraction of sp³-hybridized carbons (Fsp3) is 0.533. The van der Waals surface area contributed by atoms with E-state index in [0.29, 0.717) is 6.04 Å². The molecule has 19 heavy (non-hydrogen) atoms. The third-order valence-corrected chi connectivity index (χ3v) is 3.43. The zero-order valence-electron chi connectivity index (χ0n) is 11.8. The maximum atomic E-state index is 9.23. The van der Waals surface area contributed by atoms with E-state index in [4.69, 9.17) is 0 Å². The number of hydrogen-bond acceptors (Lipinski definition) is 4. The Hall–Kier alpha value is -1.57. The highest BCUT2D eigenvalue weighted by molar-refractivity contribution is 5.59. The lowest BCUT2D eigenvalue weighted by Gasteiger charge is -2.28. The molecule has 1 unspecified atom stereocenters. The van der Waals surface area contributed by atoms with E-state index in [9.17, 15) is 5.26 Å². The van der Waals surface area contributed by atoms with E-state index in [-0.39, 0.29) is 0 Å². The minimum absolute atomic E-state index is 0.448. The van der Waals surface area contributed by atoms with E-state index in [2.05, 4.69) is 41.3 Å². The number of benzene rings is 1. The van der Waals surface area contributed by atoms with Gasteiger partial charge in [-0.2, -0.15) is 5.26 Å². The van der Waals surface area contributed by atoms with Gasteiger partial charge in [-0.05, 0) is 39.2 Å². The van der Waals surface area contributed by atoms with Gasteiger partial charge in [0.05, 0.1) is 11.3 Å². The third kappa shape index (κ3) is 3.69. The highest BCUT2D eigenvalue weighted by Crippen LogP contribution is 2.21. The molecule has 0 aliphatic carbocycles. The van der Waals surface area contributed by atoms with Gasteiger partial charge in [0.2, 0.25) is 0 Å². The van der Waals surface area contributed by atoms with E-state index in [1.807, 2.05) is 18.2 Å². The number of nitrogens with zero attached hydrogens (tertiary/aromatic N) is 3. The Morgan fingerprint density at radius 2 is 2.21 bits per heavy atom. The number of para-hydroxylation sites is 1. The molecule has 0 amide bonds. The fourth-order valence-corrected chi connectivity index (χ4v) is 2.62. The molecule has 1 heterocycles. The lowest BCUT2D eigenvalue weighted by Crippen LogP contribution is -2.44. The Morgan fingerprint density at radius 1 is 1.42 bits per heavy atom. The molecule has 0 spiro atoms. The molecule has 1 N–H and O–H groups in total. The van der Waals surface area contributed by atoms with Crippen LogP contribution >= 0.6 is 0 Å². The first-order valence-electron chi connectivity index (χ1n) is 6.83. The monoisotopic (exact) mass is 258 g/mol. The fourth-order valence-electron chi connectivity index (χ4n) is 2.62. The van der Waals surface area contributed by atoms with Gasteiger partial charge in [-0.1, -0.05) is 12.1 Å². The van der Waals surface area contributed by atoms with Crippen LogP contribution in [0.4, 0.5) is 5.69 Å². The van der Waals surface area contributed by atoms with Crippen molar-refractivity contribution in [2.45, 2.75) is 12.5 Å². The normalized spacial score (nSPS) is 20.1. The van der Waals surface area contributed by atoms with E-state index in [0.717, 1.165) is 43.9 Å². The molecule has 4 heteroatoms. The number of hydrogen-bond donors (Lipinski definition) is 1. The third-order valence-electron chi connectivity index (χ3n) is 3.43. The van der Waals surface area contributed by atoms with E-state index in [1.54, 1.807) is 0 Å². The summed E-state index contributed by atoms with van der Waals surface area (Å²) < 4.78 is 0. The van der Waals surface area contributed by atoms with Crippen LogP contribution in [-0.2, 0) is 0 Å². The van der Waals surface area contributed by atoms with Crippen molar-refractivity contribution in [1.29, 1.82) is 5.26 Å². The van der Waals surface area contributed by atoms with Crippen molar-refractivity contribution < 1.29 is 0 Å². The van der Waals surface area contributed by atoms with Crippen LogP contribution in [0.15, 0.2) is 24.3 Å². The van der Waals surface area contributed by atoms with Crippen LogP contribution in [0, 0.1) is 11.3 Å². The topological polar surface area (TPSA) is 42.3 Å². The molecule has 1 aliphatic heterocycles. The summed E-state index contributed by atoms with van der Waals surface area (Å²) in [6.07, 6.45) is 1.11. The van der Waals surface area contributed by atoms with Crippen molar-refractivity contribution in [3.8, 4) is 6.07 Å². The van der Waals surface area contributed by atoms with Crippen LogP contribution in [0.2, 0.25) is 0 Å². The molecule has 0 saturated carbocycles. The summed E-state index contributed by atoms with van der Waals surface area (Å²) in [4.78, 5) is 4.55. The zero-order chi connectivity index (χ0) is 13.7. The van der Waals surface area contributed by atoms with Crippen molar-refractivity contribution in [2.24, 2.45) is 0 Å². The predicted molar refractivity (Wildman–Crippen MR) is 78.3 cm³/mol. The van der Waals surface area contributed by atoms with Crippen molar-refractivity contribution in [3.63, 3.8) is 0 Å². The van der Waals surface area contributed by atoms with Gasteiger partial charge in [-0.25, -0.2) is 0 Å². The molecule has 102 valence electrons.